The highest BCUT2D eigenvalue weighted by molar-refractivity contribution is 5.66. The minimum absolute atomic E-state index is 0.128. The molecule has 0 saturated heterocycles. The number of hydrogen-bond donors (Lipinski definition) is 2. The molecule has 0 spiro atoms. The fourth-order valence-electron chi connectivity index (χ4n) is 5.57. The molecule has 25 heavy (non-hydrogen) atoms. The molecule has 4 heteroatoms. The summed E-state index contributed by atoms with van der Waals surface area (Å²) in [6, 6.07) is 0. The van der Waals surface area contributed by atoms with Crippen molar-refractivity contribution in [3.8, 4) is 0 Å². The summed E-state index contributed by atoms with van der Waals surface area (Å²) < 4.78 is 5.55. The van der Waals surface area contributed by atoms with Crippen LogP contribution in [0.15, 0.2) is 23.8 Å². The van der Waals surface area contributed by atoms with Gasteiger partial charge in [0.2, 0.25) is 0 Å². The number of esters is 1. The van der Waals surface area contributed by atoms with Gasteiger partial charge in [-0.1, -0.05) is 33.4 Å². The van der Waals surface area contributed by atoms with Gasteiger partial charge in [-0.05, 0) is 61.0 Å². The van der Waals surface area contributed by atoms with Gasteiger partial charge in [0, 0.05) is 12.8 Å². The highest BCUT2D eigenvalue weighted by atomic mass is 16.5. The molecule has 2 saturated carbocycles. The zero-order chi connectivity index (χ0) is 18.6. The van der Waals surface area contributed by atoms with E-state index in [9.17, 15) is 15.0 Å². The van der Waals surface area contributed by atoms with Gasteiger partial charge in [-0.3, -0.25) is 4.79 Å². The van der Waals surface area contributed by atoms with E-state index in [1.165, 1.54) is 6.92 Å². The van der Waals surface area contributed by atoms with Gasteiger partial charge >= 0.3 is 5.97 Å². The minimum Gasteiger partial charge on any atom is -0.462 e. The molecule has 0 aromatic carbocycles. The maximum atomic E-state index is 11.6. The van der Waals surface area contributed by atoms with Crippen molar-refractivity contribution in [2.45, 2.75) is 83.5 Å². The van der Waals surface area contributed by atoms with Crippen LogP contribution in [0.25, 0.3) is 0 Å². The van der Waals surface area contributed by atoms with Crippen LogP contribution in [0.2, 0.25) is 0 Å². The third-order valence-electron chi connectivity index (χ3n) is 7.09. The second-order valence-electron chi connectivity index (χ2n) is 8.99. The molecule has 4 nitrogen and oxygen atoms in total. The molecule has 3 aliphatic rings. The first-order valence-electron chi connectivity index (χ1n) is 9.54. The summed E-state index contributed by atoms with van der Waals surface area (Å²) in [5.74, 6) is -0.367. The van der Waals surface area contributed by atoms with Crippen LogP contribution >= 0.6 is 0 Å². The average molecular weight is 348 g/mol. The molecule has 5 atom stereocenters. The van der Waals surface area contributed by atoms with Gasteiger partial charge in [-0.2, -0.15) is 0 Å². The van der Waals surface area contributed by atoms with Crippen LogP contribution in [-0.4, -0.2) is 33.5 Å². The van der Waals surface area contributed by atoms with Crippen molar-refractivity contribution < 1.29 is 19.7 Å². The fourth-order valence-corrected chi connectivity index (χ4v) is 5.57. The first-order chi connectivity index (χ1) is 11.5. The molecule has 3 aliphatic carbocycles. The monoisotopic (exact) mass is 348 g/mol. The van der Waals surface area contributed by atoms with Crippen LogP contribution in [0.1, 0.15) is 66.2 Å². The molecular formula is C21H32O4. The van der Waals surface area contributed by atoms with E-state index < -0.39 is 11.2 Å². The van der Waals surface area contributed by atoms with Crippen LogP contribution in [0.5, 0.6) is 0 Å². The summed E-state index contributed by atoms with van der Waals surface area (Å²) in [7, 11) is 0. The third kappa shape index (κ3) is 2.78. The van der Waals surface area contributed by atoms with Crippen LogP contribution in [-0.2, 0) is 9.53 Å². The van der Waals surface area contributed by atoms with Gasteiger partial charge in [0.1, 0.15) is 6.10 Å². The number of aliphatic hydroxyl groups is 2. The lowest BCUT2D eigenvalue weighted by Gasteiger charge is -2.47. The molecular weight excluding hydrogens is 316 g/mol. The first kappa shape index (κ1) is 18.7. The Kier molecular flexibility index (Phi) is 4.44. The zero-order valence-corrected chi connectivity index (χ0v) is 16.0. The highest BCUT2D eigenvalue weighted by Crippen LogP contribution is 2.60. The normalized spacial score (nSPS) is 44.0. The molecule has 0 aromatic heterocycles. The number of rotatable bonds is 2. The first-order valence-corrected chi connectivity index (χ1v) is 9.54. The van der Waals surface area contributed by atoms with Gasteiger partial charge in [0.05, 0.1) is 11.2 Å². The lowest BCUT2D eigenvalue weighted by atomic mass is 9.64. The van der Waals surface area contributed by atoms with E-state index >= 15 is 0 Å². The van der Waals surface area contributed by atoms with E-state index in [0.717, 1.165) is 24.0 Å². The van der Waals surface area contributed by atoms with Gasteiger partial charge in [0.15, 0.2) is 0 Å². The molecule has 0 aliphatic heterocycles. The predicted octanol–water partition coefficient (Wildman–Crippen LogP) is 3.52. The van der Waals surface area contributed by atoms with Crippen molar-refractivity contribution in [2.24, 2.45) is 17.3 Å². The van der Waals surface area contributed by atoms with E-state index in [1.54, 1.807) is 0 Å². The molecule has 0 amide bonds. The van der Waals surface area contributed by atoms with Gasteiger partial charge < -0.3 is 14.9 Å². The van der Waals surface area contributed by atoms with E-state index in [0.29, 0.717) is 25.7 Å². The molecule has 2 fully saturated rings. The third-order valence-corrected chi connectivity index (χ3v) is 7.09. The van der Waals surface area contributed by atoms with E-state index in [1.807, 2.05) is 0 Å². The fraction of sp³-hybridized carbons (Fsp3) is 0.762. The summed E-state index contributed by atoms with van der Waals surface area (Å²) >= 11 is 0. The van der Waals surface area contributed by atoms with Crippen molar-refractivity contribution in [3.05, 3.63) is 23.8 Å². The largest absolute Gasteiger partial charge is 0.462 e. The van der Waals surface area contributed by atoms with Crippen molar-refractivity contribution >= 4 is 5.97 Å². The topological polar surface area (TPSA) is 66.8 Å². The van der Waals surface area contributed by atoms with Gasteiger partial charge in [-0.15, -0.1) is 0 Å². The number of hydrogen-bond acceptors (Lipinski definition) is 4. The van der Waals surface area contributed by atoms with Crippen molar-refractivity contribution in [1.29, 1.82) is 0 Å². The maximum Gasteiger partial charge on any atom is 0.302 e. The number of ether oxygens (including phenoxy) is 1. The summed E-state index contributed by atoms with van der Waals surface area (Å²) in [5.41, 5.74) is -0.197. The predicted molar refractivity (Wildman–Crippen MR) is 96.8 cm³/mol. The standard InChI is InChI=1S/C21H32O4/c1-13(2)20(23)11-10-19(5)12-21(24)14(3)6-8-17(25-15(4)22)16(21)7-9-18(19)20/h9,13,16-17,23-24H,3,6-8,10-12H2,1-2,4-5H3/t16-,17-,19-,20+,21+/m1/s1. The average Bonchev–Trinajstić information content (AvgIpc) is 2.68. The molecule has 0 aromatic rings. The Morgan fingerprint density at radius 1 is 1.36 bits per heavy atom. The molecule has 0 unspecified atom stereocenters. The van der Waals surface area contributed by atoms with Gasteiger partial charge in [0.25, 0.3) is 0 Å². The molecule has 3 rings (SSSR count). The highest BCUT2D eigenvalue weighted by Gasteiger charge is 2.58. The van der Waals surface area contributed by atoms with E-state index in [4.69, 9.17) is 4.74 Å². The summed E-state index contributed by atoms with van der Waals surface area (Å²) in [6.07, 6.45) is 5.95. The van der Waals surface area contributed by atoms with Crippen LogP contribution in [0.3, 0.4) is 0 Å². The molecule has 2 N–H and O–H groups in total. The second kappa shape index (κ2) is 5.95. The van der Waals surface area contributed by atoms with E-state index in [2.05, 4.69) is 33.4 Å². The van der Waals surface area contributed by atoms with Crippen LogP contribution in [0, 0.1) is 17.3 Å². The second-order valence-corrected chi connectivity index (χ2v) is 8.99. The lowest BCUT2D eigenvalue weighted by molar-refractivity contribution is -0.159. The minimum atomic E-state index is -1.05. The number of allylic oxidation sites excluding steroid dienone is 1. The number of carbonyl (C=O) groups excluding carboxylic acids is 1. The maximum absolute atomic E-state index is 11.6. The Labute approximate surface area is 151 Å². The van der Waals surface area contributed by atoms with E-state index in [-0.39, 0.29) is 29.3 Å². The SMILES string of the molecule is C=C1CC[C@@H](OC(C)=O)[C@H]2CC=C3[C@](C)(CC[C@]3(O)C(C)C)C[C@]12O. The molecule has 0 radical (unpaired) electrons. The Bertz CT molecular complexity index is 621. The quantitative estimate of drug-likeness (QED) is 0.592. The van der Waals surface area contributed by atoms with Crippen LogP contribution in [0.4, 0.5) is 0 Å². The molecule has 140 valence electrons. The smallest absolute Gasteiger partial charge is 0.302 e. The van der Waals surface area contributed by atoms with Crippen molar-refractivity contribution in [3.63, 3.8) is 0 Å². The summed E-state index contributed by atoms with van der Waals surface area (Å²) in [5, 5.41) is 22.9. The Hall–Kier alpha value is -1.13. The van der Waals surface area contributed by atoms with Crippen molar-refractivity contribution in [1.82, 2.24) is 0 Å². The van der Waals surface area contributed by atoms with Crippen LogP contribution < -0.4 is 0 Å². The molecule has 0 heterocycles. The van der Waals surface area contributed by atoms with Gasteiger partial charge in [-0.25, -0.2) is 0 Å². The summed E-state index contributed by atoms with van der Waals surface area (Å²) in [4.78, 5) is 11.5. The molecule has 0 bridgehead atoms. The lowest BCUT2D eigenvalue weighted by Crippen LogP contribution is -2.51. The Balaban J connectivity index is 2.02. The number of fused-ring (bicyclic) bond motifs is 2. The Morgan fingerprint density at radius 2 is 2.04 bits per heavy atom. The summed E-state index contributed by atoms with van der Waals surface area (Å²) in [6.45, 7) is 11.9. The Morgan fingerprint density at radius 3 is 2.64 bits per heavy atom. The zero-order valence-electron chi connectivity index (χ0n) is 16.0. The van der Waals surface area contributed by atoms with Crippen molar-refractivity contribution in [2.75, 3.05) is 0 Å². The number of carbonyl (C=O) groups is 1.